The van der Waals surface area contributed by atoms with Gasteiger partial charge in [-0.3, -0.25) is 15.0 Å². The van der Waals surface area contributed by atoms with Crippen molar-refractivity contribution in [1.29, 1.82) is 0 Å². The van der Waals surface area contributed by atoms with E-state index in [1.165, 1.54) is 0 Å². The van der Waals surface area contributed by atoms with Crippen LogP contribution in [0.1, 0.15) is 11.5 Å². The van der Waals surface area contributed by atoms with E-state index in [1.807, 2.05) is 43.3 Å². The Hall–Kier alpha value is -3.26. The molecule has 1 fully saturated rings. The van der Waals surface area contributed by atoms with Crippen molar-refractivity contribution in [2.75, 3.05) is 31.1 Å². The van der Waals surface area contributed by atoms with Crippen molar-refractivity contribution in [3.8, 4) is 11.3 Å². The zero-order valence-corrected chi connectivity index (χ0v) is 15.6. The normalized spacial score (nSPS) is 15.0. The van der Waals surface area contributed by atoms with Crippen LogP contribution in [0, 0.1) is 17.0 Å². The average molecular weight is 379 g/mol. The van der Waals surface area contributed by atoms with E-state index in [4.69, 9.17) is 4.52 Å². The van der Waals surface area contributed by atoms with Crippen LogP contribution < -0.4 is 4.90 Å². The summed E-state index contributed by atoms with van der Waals surface area (Å²) in [6.45, 7) is 5.96. The zero-order valence-electron chi connectivity index (χ0n) is 15.6. The molecule has 8 heteroatoms. The minimum absolute atomic E-state index is 0.0225. The molecule has 0 aliphatic carbocycles. The van der Waals surface area contributed by atoms with Gasteiger partial charge >= 0.3 is 0 Å². The molecule has 1 aliphatic heterocycles. The smallest absolute Gasteiger partial charge is 0.295 e. The van der Waals surface area contributed by atoms with Crippen molar-refractivity contribution in [1.82, 2.24) is 15.0 Å². The lowest BCUT2D eigenvalue weighted by Gasteiger charge is -2.35. The Kier molecular flexibility index (Phi) is 5.03. The molecular weight excluding hydrogens is 358 g/mol. The van der Waals surface area contributed by atoms with Gasteiger partial charge in [-0.25, -0.2) is 4.98 Å². The summed E-state index contributed by atoms with van der Waals surface area (Å²) < 4.78 is 5.30. The Morgan fingerprint density at radius 3 is 2.50 bits per heavy atom. The highest BCUT2D eigenvalue weighted by molar-refractivity contribution is 5.71. The van der Waals surface area contributed by atoms with Crippen molar-refractivity contribution in [3.05, 3.63) is 70.1 Å². The van der Waals surface area contributed by atoms with Crippen LogP contribution in [0.2, 0.25) is 0 Å². The molecule has 2 aromatic heterocycles. The fourth-order valence-corrected chi connectivity index (χ4v) is 3.42. The summed E-state index contributed by atoms with van der Waals surface area (Å²) in [5, 5.41) is 15.4. The minimum atomic E-state index is -0.379. The molecule has 1 aliphatic rings. The molecule has 0 saturated carbocycles. The maximum Gasteiger partial charge on any atom is 0.295 e. The predicted molar refractivity (Wildman–Crippen MR) is 105 cm³/mol. The number of aromatic nitrogens is 2. The van der Waals surface area contributed by atoms with E-state index >= 15 is 0 Å². The number of benzene rings is 1. The molecule has 8 nitrogen and oxygen atoms in total. The Labute approximate surface area is 162 Å². The quantitative estimate of drug-likeness (QED) is 0.496. The monoisotopic (exact) mass is 379 g/mol. The first kappa shape index (κ1) is 18.1. The molecule has 144 valence electrons. The van der Waals surface area contributed by atoms with Crippen molar-refractivity contribution in [2.24, 2.45) is 0 Å². The number of hydrogen-bond donors (Lipinski definition) is 0. The van der Waals surface area contributed by atoms with Crippen molar-refractivity contribution in [2.45, 2.75) is 13.5 Å². The summed E-state index contributed by atoms with van der Waals surface area (Å²) in [4.78, 5) is 20.2. The van der Waals surface area contributed by atoms with Crippen LogP contribution in [-0.4, -0.2) is 46.1 Å². The molecule has 0 amide bonds. The van der Waals surface area contributed by atoms with Gasteiger partial charge in [0.1, 0.15) is 5.82 Å². The molecule has 0 bridgehead atoms. The Morgan fingerprint density at radius 2 is 1.86 bits per heavy atom. The Bertz CT molecular complexity index is 965. The first-order valence-corrected chi connectivity index (χ1v) is 9.20. The highest BCUT2D eigenvalue weighted by Gasteiger charge is 2.23. The van der Waals surface area contributed by atoms with E-state index in [-0.39, 0.29) is 10.6 Å². The molecular formula is C20H21N5O3. The topological polar surface area (TPSA) is 88.5 Å². The first-order chi connectivity index (χ1) is 13.6. The van der Waals surface area contributed by atoms with E-state index in [2.05, 4.69) is 19.9 Å². The lowest BCUT2D eigenvalue weighted by molar-refractivity contribution is -0.384. The number of nitro groups is 1. The van der Waals surface area contributed by atoms with E-state index in [1.54, 1.807) is 12.1 Å². The summed E-state index contributed by atoms with van der Waals surface area (Å²) >= 11 is 0. The van der Waals surface area contributed by atoms with Gasteiger partial charge in [0, 0.05) is 43.9 Å². The van der Waals surface area contributed by atoms with Crippen LogP contribution in [0.15, 0.2) is 53.1 Å². The van der Waals surface area contributed by atoms with Crippen molar-refractivity contribution < 1.29 is 9.45 Å². The molecule has 1 saturated heterocycles. The third-order valence-electron chi connectivity index (χ3n) is 4.86. The molecule has 0 spiro atoms. The molecule has 0 unspecified atom stereocenters. The highest BCUT2D eigenvalue weighted by Crippen LogP contribution is 2.30. The fourth-order valence-electron chi connectivity index (χ4n) is 3.42. The molecule has 0 atom stereocenters. The van der Waals surface area contributed by atoms with Gasteiger partial charge in [-0.2, -0.15) is 0 Å². The number of pyridine rings is 1. The standard InChI is InChI=1S/C20H21N5O3/c1-15-13-17(28-22-15)14-23-9-11-24(12-10-23)19-8-7-18(25(26)27)20(21-19)16-5-3-2-4-6-16/h2-8,13H,9-12,14H2,1H3. The third kappa shape index (κ3) is 3.86. The van der Waals surface area contributed by atoms with Gasteiger partial charge < -0.3 is 9.42 Å². The van der Waals surface area contributed by atoms with Crippen LogP contribution in [0.25, 0.3) is 11.3 Å². The van der Waals surface area contributed by atoms with E-state index < -0.39 is 0 Å². The van der Waals surface area contributed by atoms with Crippen LogP contribution >= 0.6 is 0 Å². The third-order valence-corrected chi connectivity index (χ3v) is 4.86. The molecule has 0 N–H and O–H groups in total. The summed E-state index contributed by atoms with van der Waals surface area (Å²) in [6, 6.07) is 14.5. The lowest BCUT2D eigenvalue weighted by Crippen LogP contribution is -2.46. The highest BCUT2D eigenvalue weighted by atomic mass is 16.6. The van der Waals surface area contributed by atoms with Gasteiger partial charge in [-0.15, -0.1) is 0 Å². The van der Waals surface area contributed by atoms with Crippen molar-refractivity contribution in [3.63, 3.8) is 0 Å². The maximum atomic E-state index is 11.4. The fraction of sp³-hybridized carbons (Fsp3) is 0.300. The number of piperazine rings is 1. The number of aryl methyl sites for hydroxylation is 1. The number of nitrogens with zero attached hydrogens (tertiary/aromatic N) is 5. The molecule has 28 heavy (non-hydrogen) atoms. The Morgan fingerprint density at radius 1 is 1.11 bits per heavy atom. The molecule has 4 rings (SSSR count). The van der Waals surface area contributed by atoms with Crippen LogP contribution in [0.4, 0.5) is 11.5 Å². The molecule has 0 radical (unpaired) electrons. The van der Waals surface area contributed by atoms with E-state index in [9.17, 15) is 10.1 Å². The summed E-state index contributed by atoms with van der Waals surface area (Å²) in [5.74, 6) is 1.63. The van der Waals surface area contributed by atoms with Gasteiger partial charge in [0.25, 0.3) is 5.69 Å². The van der Waals surface area contributed by atoms with Crippen LogP contribution in [0.5, 0.6) is 0 Å². The van der Waals surface area contributed by atoms with Crippen molar-refractivity contribution >= 4 is 11.5 Å². The van der Waals surface area contributed by atoms with E-state index in [0.29, 0.717) is 5.69 Å². The number of hydrogen-bond acceptors (Lipinski definition) is 7. The van der Waals surface area contributed by atoms with E-state index in [0.717, 1.165) is 55.6 Å². The van der Waals surface area contributed by atoms with Crippen LogP contribution in [0.3, 0.4) is 0 Å². The number of rotatable bonds is 5. The first-order valence-electron chi connectivity index (χ1n) is 9.20. The van der Waals surface area contributed by atoms with Gasteiger partial charge in [0.15, 0.2) is 11.5 Å². The summed E-state index contributed by atoms with van der Waals surface area (Å²) in [5.41, 5.74) is 2.06. The molecule has 3 aromatic rings. The van der Waals surface area contributed by atoms with Gasteiger partial charge in [-0.1, -0.05) is 35.5 Å². The van der Waals surface area contributed by atoms with Gasteiger partial charge in [0.2, 0.25) is 0 Å². The number of anilines is 1. The minimum Gasteiger partial charge on any atom is -0.360 e. The zero-order chi connectivity index (χ0) is 19.5. The largest absolute Gasteiger partial charge is 0.360 e. The lowest BCUT2D eigenvalue weighted by atomic mass is 10.1. The molecule has 1 aromatic carbocycles. The van der Waals surface area contributed by atoms with Gasteiger partial charge in [-0.05, 0) is 13.0 Å². The SMILES string of the molecule is Cc1cc(CN2CCN(c3ccc([N+](=O)[O-])c(-c4ccccc4)n3)CC2)on1. The van der Waals surface area contributed by atoms with Crippen LogP contribution in [-0.2, 0) is 6.54 Å². The second-order valence-corrected chi connectivity index (χ2v) is 6.86. The van der Waals surface area contributed by atoms with Gasteiger partial charge in [0.05, 0.1) is 17.2 Å². The Balaban J connectivity index is 1.50. The second kappa shape index (κ2) is 7.77. The second-order valence-electron chi connectivity index (χ2n) is 6.86. The predicted octanol–water partition coefficient (Wildman–Crippen LogP) is 3.28. The average Bonchev–Trinajstić information content (AvgIpc) is 3.13. The summed E-state index contributed by atoms with van der Waals surface area (Å²) in [7, 11) is 0. The summed E-state index contributed by atoms with van der Waals surface area (Å²) in [6.07, 6.45) is 0. The molecule has 3 heterocycles. The maximum absolute atomic E-state index is 11.4.